The number of aryl methyl sites for hydroxylation is 1. The summed E-state index contributed by atoms with van der Waals surface area (Å²) in [4.78, 5) is 14.1. The molecule has 0 bridgehead atoms. The van der Waals surface area contributed by atoms with Crippen molar-refractivity contribution in [2.75, 3.05) is 4.90 Å². The van der Waals surface area contributed by atoms with Crippen molar-refractivity contribution in [3.8, 4) is 0 Å². The summed E-state index contributed by atoms with van der Waals surface area (Å²) in [6.45, 7) is 10.8. The summed E-state index contributed by atoms with van der Waals surface area (Å²) >= 11 is 0. The number of unbranched alkanes of at least 4 members (excludes halogenated alkanes) is 1. The van der Waals surface area contributed by atoms with Gasteiger partial charge in [0, 0.05) is 11.2 Å². The van der Waals surface area contributed by atoms with E-state index in [0.717, 1.165) is 24.9 Å². The van der Waals surface area contributed by atoms with Crippen molar-refractivity contribution in [3.63, 3.8) is 0 Å². The van der Waals surface area contributed by atoms with Gasteiger partial charge in [0.1, 0.15) is 6.04 Å². The molecule has 0 unspecified atom stereocenters. The van der Waals surface area contributed by atoms with Crippen LogP contribution in [0.3, 0.4) is 0 Å². The van der Waals surface area contributed by atoms with Crippen LogP contribution in [0.25, 0.3) is 0 Å². The van der Waals surface area contributed by atoms with Crippen molar-refractivity contribution >= 4 is 11.7 Å². The largest absolute Gasteiger partial charge is 0.480 e. The Labute approximate surface area is 134 Å². The van der Waals surface area contributed by atoms with Crippen molar-refractivity contribution in [1.29, 1.82) is 0 Å². The number of carboxylic acids is 1. The van der Waals surface area contributed by atoms with E-state index in [1.54, 1.807) is 0 Å². The van der Waals surface area contributed by atoms with E-state index in [2.05, 4.69) is 57.7 Å². The highest BCUT2D eigenvalue weighted by atomic mass is 16.4. The lowest BCUT2D eigenvalue weighted by Crippen LogP contribution is -2.56. The molecule has 122 valence electrons. The fraction of sp³-hybridized carbons (Fsp3) is 0.632. The maximum atomic E-state index is 11.9. The van der Waals surface area contributed by atoms with Gasteiger partial charge in [0.05, 0.1) is 0 Å². The Morgan fingerprint density at radius 2 is 2.14 bits per heavy atom. The number of rotatable bonds is 5. The Bertz CT molecular complexity index is 550. The van der Waals surface area contributed by atoms with Crippen LogP contribution in [0.15, 0.2) is 18.2 Å². The molecule has 0 saturated carbocycles. The monoisotopic (exact) mass is 303 g/mol. The smallest absolute Gasteiger partial charge is 0.326 e. The Balaban J connectivity index is 2.51. The van der Waals surface area contributed by atoms with E-state index >= 15 is 0 Å². The maximum absolute atomic E-state index is 11.9. The van der Waals surface area contributed by atoms with Gasteiger partial charge in [-0.3, -0.25) is 0 Å². The number of hydrogen-bond donors (Lipinski definition) is 1. The van der Waals surface area contributed by atoms with Gasteiger partial charge in [0.2, 0.25) is 0 Å². The average molecular weight is 303 g/mol. The van der Waals surface area contributed by atoms with Gasteiger partial charge < -0.3 is 10.0 Å². The third-order valence-electron chi connectivity index (χ3n) is 4.86. The van der Waals surface area contributed by atoms with E-state index < -0.39 is 12.0 Å². The first kappa shape index (κ1) is 16.9. The number of aliphatic carboxylic acids is 1. The summed E-state index contributed by atoms with van der Waals surface area (Å²) in [5.41, 5.74) is 3.50. The normalized spacial score (nSPS) is 21.3. The number of carboxylic acid groups (broad SMARTS) is 1. The first-order valence-electron chi connectivity index (χ1n) is 8.40. The van der Waals surface area contributed by atoms with Gasteiger partial charge in [-0.2, -0.15) is 0 Å². The van der Waals surface area contributed by atoms with Crippen LogP contribution in [0.4, 0.5) is 5.69 Å². The molecular weight excluding hydrogens is 274 g/mol. The third-order valence-corrected chi connectivity index (χ3v) is 4.86. The molecule has 1 aliphatic rings. The summed E-state index contributed by atoms with van der Waals surface area (Å²) in [5, 5.41) is 9.79. The fourth-order valence-corrected chi connectivity index (χ4v) is 3.92. The van der Waals surface area contributed by atoms with Gasteiger partial charge in [-0.15, -0.1) is 0 Å². The molecule has 0 fully saturated rings. The minimum Gasteiger partial charge on any atom is -0.480 e. The molecule has 0 spiro atoms. The Morgan fingerprint density at radius 3 is 2.73 bits per heavy atom. The highest BCUT2D eigenvalue weighted by Gasteiger charge is 2.42. The average Bonchev–Trinajstić information content (AvgIpc) is 2.41. The molecule has 3 nitrogen and oxygen atoms in total. The summed E-state index contributed by atoms with van der Waals surface area (Å²) in [5.74, 6) is -0.246. The van der Waals surface area contributed by atoms with Gasteiger partial charge in [0.15, 0.2) is 0 Å². The number of hydrogen-bond acceptors (Lipinski definition) is 2. The molecule has 22 heavy (non-hydrogen) atoms. The van der Waals surface area contributed by atoms with E-state index in [1.807, 2.05) is 0 Å². The molecule has 2 atom stereocenters. The van der Waals surface area contributed by atoms with E-state index in [4.69, 9.17) is 0 Å². The summed E-state index contributed by atoms with van der Waals surface area (Å²) in [6, 6.07) is 5.99. The van der Waals surface area contributed by atoms with Crippen LogP contribution in [0.5, 0.6) is 0 Å². The lowest BCUT2D eigenvalue weighted by atomic mass is 9.78. The minimum absolute atomic E-state index is 0.140. The van der Waals surface area contributed by atoms with E-state index in [9.17, 15) is 9.90 Å². The predicted octanol–water partition coefficient (Wildman–Crippen LogP) is 4.73. The second kappa shape index (κ2) is 6.31. The molecular formula is C19H29NO2. The van der Waals surface area contributed by atoms with Gasteiger partial charge >= 0.3 is 5.97 Å². The molecule has 3 heteroatoms. The second-order valence-corrected chi connectivity index (χ2v) is 7.35. The predicted molar refractivity (Wildman–Crippen MR) is 91.7 cm³/mol. The second-order valence-electron chi connectivity index (χ2n) is 7.35. The van der Waals surface area contributed by atoms with Gasteiger partial charge in [-0.25, -0.2) is 4.79 Å². The highest BCUT2D eigenvalue weighted by molar-refractivity contribution is 5.80. The summed E-state index contributed by atoms with van der Waals surface area (Å²) < 4.78 is 0. The van der Waals surface area contributed by atoms with E-state index in [1.165, 1.54) is 11.1 Å². The van der Waals surface area contributed by atoms with Crippen LogP contribution in [0.1, 0.15) is 70.4 Å². The molecule has 1 N–H and O–H groups in total. The maximum Gasteiger partial charge on any atom is 0.326 e. The number of nitrogens with zero attached hydrogens (tertiary/aromatic N) is 1. The zero-order valence-corrected chi connectivity index (χ0v) is 14.5. The van der Waals surface area contributed by atoms with Crippen molar-refractivity contribution in [1.82, 2.24) is 0 Å². The first-order valence-corrected chi connectivity index (χ1v) is 8.40. The molecule has 1 aliphatic heterocycles. The Morgan fingerprint density at radius 1 is 1.45 bits per heavy atom. The van der Waals surface area contributed by atoms with Crippen molar-refractivity contribution in [2.24, 2.45) is 0 Å². The number of fused-ring (bicyclic) bond motifs is 1. The van der Waals surface area contributed by atoms with E-state index in [0.29, 0.717) is 12.3 Å². The van der Waals surface area contributed by atoms with Crippen molar-refractivity contribution in [3.05, 3.63) is 29.3 Å². The van der Waals surface area contributed by atoms with Gasteiger partial charge in [-0.1, -0.05) is 44.4 Å². The van der Waals surface area contributed by atoms with Crippen LogP contribution in [-0.2, 0) is 4.79 Å². The highest BCUT2D eigenvalue weighted by Crippen LogP contribution is 2.45. The molecule has 0 amide bonds. The number of anilines is 1. The molecule has 1 heterocycles. The quantitative estimate of drug-likeness (QED) is 0.854. The van der Waals surface area contributed by atoms with Crippen LogP contribution in [-0.4, -0.2) is 22.7 Å². The molecule has 0 saturated heterocycles. The molecule has 2 rings (SSSR count). The van der Waals surface area contributed by atoms with Gasteiger partial charge in [-0.05, 0) is 51.2 Å². The summed E-state index contributed by atoms with van der Waals surface area (Å²) in [6.07, 6.45) is 3.66. The molecule has 0 aromatic heterocycles. The van der Waals surface area contributed by atoms with Crippen molar-refractivity contribution < 1.29 is 9.90 Å². The topological polar surface area (TPSA) is 40.5 Å². The first-order chi connectivity index (χ1) is 10.3. The van der Waals surface area contributed by atoms with Crippen LogP contribution in [0, 0.1) is 6.92 Å². The minimum atomic E-state index is -0.706. The zero-order chi connectivity index (χ0) is 16.5. The SMILES string of the molecule is CCCC[C@@H](C(=O)O)N1c2ccc(C)cc2[C@H](C)CC1(C)C. The molecule has 0 radical (unpaired) electrons. The lowest BCUT2D eigenvalue weighted by Gasteiger charge is -2.50. The fourth-order valence-electron chi connectivity index (χ4n) is 3.92. The number of carbonyl (C=O) groups is 1. The number of benzene rings is 1. The Hall–Kier alpha value is -1.51. The summed E-state index contributed by atoms with van der Waals surface area (Å²) in [7, 11) is 0. The van der Waals surface area contributed by atoms with Crippen molar-refractivity contribution in [2.45, 2.75) is 77.8 Å². The molecule has 1 aromatic rings. The molecule has 0 aliphatic carbocycles. The van der Waals surface area contributed by atoms with Crippen LogP contribution < -0.4 is 4.90 Å². The standard InChI is InChI=1S/C19H29NO2/c1-6-7-8-17(18(21)22)20-16-10-9-13(2)11-15(16)14(3)12-19(20,4)5/h9-11,14,17H,6-8,12H2,1-5H3,(H,21,22)/t14-,17+/m1/s1. The third kappa shape index (κ3) is 3.13. The Kier molecular flexibility index (Phi) is 4.84. The van der Waals surface area contributed by atoms with Gasteiger partial charge in [0.25, 0.3) is 0 Å². The lowest BCUT2D eigenvalue weighted by molar-refractivity contribution is -0.139. The van der Waals surface area contributed by atoms with Crippen LogP contribution >= 0.6 is 0 Å². The van der Waals surface area contributed by atoms with E-state index in [-0.39, 0.29) is 5.54 Å². The molecule has 1 aromatic carbocycles. The zero-order valence-electron chi connectivity index (χ0n) is 14.5. The van der Waals surface area contributed by atoms with Crippen LogP contribution in [0.2, 0.25) is 0 Å².